The van der Waals surface area contributed by atoms with Crippen molar-refractivity contribution in [2.24, 2.45) is 0 Å². The Hall–Kier alpha value is -3.95. The van der Waals surface area contributed by atoms with Gasteiger partial charge >= 0.3 is 6.09 Å². The van der Waals surface area contributed by atoms with Gasteiger partial charge in [0.1, 0.15) is 35.5 Å². The summed E-state index contributed by atoms with van der Waals surface area (Å²) in [5, 5.41) is 2.64. The number of fused-ring (bicyclic) bond motifs is 2. The van der Waals surface area contributed by atoms with Crippen LogP contribution < -0.4 is 10.1 Å². The number of nitrogens with zero attached hydrogens (tertiary/aromatic N) is 3. The van der Waals surface area contributed by atoms with E-state index in [0.29, 0.717) is 24.2 Å². The topological polar surface area (TPSA) is 94.9 Å². The molecule has 1 amide bonds. The summed E-state index contributed by atoms with van der Waals surface area (Å²) in [6.07, 6.45) is -0.923. The second kappa shape index (κ2) is 9.74. The summed E-state index contributed by atoms with van der Waals surface area (Å²) >= 11 is 0. The zero-order valence-electron chi connectivity index (χ0n) is 21.6. The number of amides is 1. The number of carbonyl (C=O) groups excluding carboxylic acids is 2. The molecule has 2 aromatic carbocycles. The molecule has 3 heterocycles. The molecule has 0 radical (unpaired) electrons. The van der Waals surface area contributed by atoms with Gasteiger partial charge in [0.2, 0.25) is 0 Å². The minimum Gasteiger partial charge on any atom is -0.481 e. The van der Waals surface area contributed by atoms with Crippen LogP contribution in [-0.2, 0) is 20.8 Å². The fourth-order valence-electron chi connectivity index (χ4n) is 4.58. The molecule has 1 saturated heterocycles. The van der Waals surface area contributed by atoms with E-state index in [9.17, 15) is 9.59 Å². The number of morpholine rings is 1. The van der Waals surface area contributed by atoms with Crippen LogP contribution in [0.15, 0.2) is 30.0 Å². The van der Waals surface area contributed by atoms with Crippen LogP contribution in [0.2, 0.25) is 0 Å². The number of benzene rings is 2. The highest BCUT2D eigenvalue weighted by atomic mass is 19.1. The molecule has 38 heavy (non-hydrogen) atoms. The Labute approximate surface area is 218 Å². The number of halogens is 2. The third-order valence-electron chi connectivity index (χ3n) is 6.25. The van der Waals surface area contributed by atoms with Gasteiger partial charge in [-0.05, 0) is 45.4 Å². The van der Waals surface area contributed by atoms with E-state index in [2.05, 4.69) is 10.3 Å². The number of rotatable bonds is 3. The number of aryl methyl sites for hydroxylation is 1. The Kier molecular flexibility index (Phi) is 6.58. The largest absolute Gasteiger partial charge is 0.481 e. The summed E-state index contributed by atoms with van der Waals surface area (Å²) in [7, 11) is 0. The Balaban J connectivity index is 1.54. The minimum atomic E-state index is -0.939. The molecular formula is C27H28F2N4O5. The highest BCUT2D eigenvalue weighted by Gasteiger charge is 2.32. The number of hydrogen-bond acceptors (Lipinski definition) is 7. The first-order valence-corrected chi connectivity index (χ1v) is 12.3. The standard InChI is InChI=1S/C27H28F2N4O5/c1-15-5-6-21-19(9-15)31-25(22-18(28)10-20-24(23(22)29)37-14-16(13-34)30-20)33(21)12-17-11-32(7-8-36-17)26(35)38-27(2,3)4/h5-6,9-10,17,30H,7-8,11-12,14H2,1-4H3/t17-/m1/s1. The third-order valence-corrected chi connectivity index (χ3v) is 6.25. The van der Waals surface area contributed by atoms with Crippen LogP contribution in [0.1, 0.15) is 26.3 Å². The average molecular weight is 527 g/mol. The number of imidazole rings is 1. The Morgan fingerprint density at radius 2 is 2.08 bits per heavy atom. The van der Waals surface area contributed by atoms with E-state index in [0.717, 1.165) is 11.6 Å². The average Bonchev–Trinajstić information content (AvgIpc) is 3.19. The molecule has 0 saturated carbocycles. The van der Waals surface area contributed by atoms with Gasteiger partial charge in [-0.15, -0.1) is 0 Å². The van der Waals surface area contributed by atoms with Gasteiger partial charge in [0.25, 0.3) is 0 Å². The van der Waals surface area contributed by atoms with E-state index >= 15 is 8.78 Å². The van der Waals surface area contributed by atoms with E-state index in [4.69, 9.17) is 14.2 Å². The lowest BCUT2D eigenvalue weighted by molar-refractivity contribution is -0.0468. The minimum absolute atomic E-state index is 0.00419. The summed E-state index contributed by atoms with van der Waals surface area (Å²) in [5.41, 5.74) is 1.18. The molecule has 1 fully saturated rings. The van der Waals surface area contributed by atoms with Gasteiger partial charge in [-0.1, -0.05) is 6.07 Å². The lowest BCUT2D eigenvalue weighted by atomic mass is 10.1. The first-order valence-electron chi connectivity index (χ1n) is 12.3. The van der Waals surface area contributed by atoms with E-state index < -0.39 is 29.4 Å². The molecule has 3 aromatic rings. The van der Waals surface area contributed by atoms with Crippen molar-refractivity contribution < 1.29 is 32.6 Å². The van der Waals surface area contributed by atoms with Crippen molar-refractivity contribution in [1.29, 1.82) is 0 Å². The fraction of sp³-hybridized carbons (Fsp3) is 0.407. The zero-order chi connectivity index (χ0) is 27.2. The van der Waals surface area contributed by atoms with E-state index in [1.54, 1.807) is 36.2 Å². The Bertz CT molecular complexity index is 1470. The maximum absolute atomic E-state index is 15.8. The molecule has 200 valence electrons. The first kappa shape index (κ1) is 25.7. The molecule has 5 rings (SSSR count). The Morgan fingerprint density at radius 1 is 1.29 bits per heavy atom. The molecule has 2 aliphatic heterocycles. The number of carbonyl (C=O) groups is 1. The normalized spacial score (nSPS) is 17.5. The van der Waals surface area contributed by atoms with Gasteiger partial charge < -0.3 is 29.0 Å². The number of aromatic nitrogens is 2. The molecular weight excluding hydrogens is 498 g/mol. The van der Waals surface area contributed by atoms with Gasteiger partial charge in [-0.25, -0.2) is 23.4 Å². The molecule has 1 N–H and O–H groups in total. The number of anilines is 1. The number of nitrogens with one attached hydrogen (secondary N) is 1. The quantitative estimate of drug-likeness (QED) is 0.504. The van der Waals surface area contributed by atoms with E-state index in [-0.39, 0.29) is 48.2 Å². The van der Waals surface area contributed by atoms with Crippen LogP contribution >= 0.6 is 0 Å². The van der Waals surface area contributed by atoms with Crippen LogP contribution in [-0.4, -0.2) is 64.5 Å². The molecule has 0 bridgehead atoms. The van der Waals surface area contributed by atoms with Crippen molar-refractivity contribution in [1.82, 2.24) is 14.5 Å². The Morgan fingerprint density at radius 3 is 2.82 bits per heavy atom. The van der Waals surface area contributed by atoms with Gasteiger partial charge in [-0.3, -0.25) is 0 Å². The van der Waals surface area contributed by atoms with Crippen molar-refractivity contribution in [2.75, 3.05) is 31.6 Å². The molecule has 1 atom stereocenters. The highest BCUT2D eigenvalue weighted by Crippen LogP contribution is 2.40. The summed E-state index contributed by atoms with van der Waals surface area (Å²) in [5.74, 6) is -0.317. The summed E-state index contributed by atoms with van der Waals surface area (Å²) < 4.78 is 49.8. The van der Waals surface area contributed by atoms with Crippen LogP contribution in [0.5, 0.6) is 5.75 Å². The van der Waals surface area contributed by atoms with Gasteiger partial charge in [0, 0.05) is 12.6 Å². The third kappa shape index (κ3) is 4.94. The smallest absolute Gasteiger partial charge is 0.410 e. The van der Waals surface area contributed by atoms with Gasteiger partial charge in [0.05, 0.1) is 48.1 Å². The van der Waals surface area contributed by atoms with Crippen LogP contribution in [0.25, 0.3) is 22.4 Å². The van der Waals surface area contributed by atoms with Gasteiger partial charge in [-0.2, -0.15) is 0 Å². The monoisotopic (exact) mass is 526 g/mol. The van der Waals surface area contributed by atoms with Gasteiger partial charge in [0.15, 0.2) is 11.6 Å². The molecule has 0 spiro atoms. The second-order valence-corrected chi connectivity index (χ2v) is 10.4. The number of ether oxygens (including phenoxy) is 3. The SMILES string of the molecule is Cc1ccc2c(c1)nc(-c1c(F)cc3c(c1F)OCC(=C=O)N3)n2C[C@H]1CN(C(=O)OC(C)(C)C)CCO1. The number of hydrogen-bond donors (Lipinski definition) is 1. The molecule has 0 aliphatic carbocycles. The maximum atomic E-state index is 15.8. The molecule has 0 unspecified atom stereocenters. The predicted molar refractivity (Wildman–Crippen MR) is 136 cm³/mol. The van der Waals surface area contributed by atoms with E-state index in [1.165, 1.54) is 0 Å². The van der Waals surface area contributed by atoms with Crippen LogP contribution in [0, 0.1) is 18.6 Å². The maximum Gasteiger partial charge on any atom is 0.410 e. The molecule has 11 heteroatoms. The molecule has 1 aromatic heterocycles. The van der Waals surface area contributed by atoms with Crippen molar-refractivity contribution in [3.05, 3.63) is 47.2 Å². The summed E-state index contributed by atoms with van der Waals surface area (Å²) in [6.45, 7) is 8.16. The van der Waals surface area contributed by atoms with Crippen molar-refractivity contribution in [2.45, 2.75) is 45.9 Å². The molecule has 9 nitrogen and oxygen atoms in total. The second-order valence-electron chi connectivity index (χ2n) is 10.4. The lowest BCUT2D eigenvalue weighted by Crippen LogP contribution is -2.48. The lowest BCUT2D eigenvalue weighted by Gasteiger charge is -2.34. The zero-order valence-corrected chi connectivity index (χ0v) is 21.6. The summed E-state index contributed by atoms with van der Waals surface area (Å²) in [4.78, 5) is 29.8. The first-order chi connectivity index (χ1) is 18.0. The molecule has 2 aliphatic rings. The fourth-order valence-corrected chi connectivity index (χ4v) is 4.58. The van der Waals surface area contributed by atoms with Crippen molar-refractivity contribution in [3.63, 3.8) is 0 Å². The highest BCUT2D eigenvalue weighted by molar-refractivity contribution is 5.83. The predicted octanol–water partition coefficient (Wildman–Crippen LogP) is 4.45. The van der Waals surface area contributed by atoms with Crippen LogP contribution in [0.3, 0.4) is 0 Å². The van der Waals surface area contributed by atoms with E-state index in [1.807, 2.05) is 25.1 Å². The van der Waals surface area contributed by atoms with Crippen molar-refractivity contribution >= 4 is 28.8 Å². The van der Waals surface area contributed by atoms with Crippen LogP contribution in [0.4, 0.5) is 19.3 Å². The van der Waals surface area contributed by atoms with Crippen molar-refractivity contribution in [3.8, 4) is 17.1 Å². The summed E-state index contributed by atoms with van der Waals surface area (Å²) in [6, 6.07) is 6.62.